The van der Waals surface area contributed by atoms with E-state index in [2.05, 4.69) is 0 Å². The molecule has 0 bridgehead atoms. The summed E-state index contributed by atoms with van der Waals surface area (Å²) in [5.41, 5.74) is 1.78. The summed E-state index contributed by atoms with van der Waals surface area (Å²) in [7, 11) is 1.63. The van der Waals surface area contributed by atoms with Crippen molar-refractivity contribution in [3.63, 3.8) is 0 Å². The molecule has 1 fully saturated rings. The second-order valence-corrected chi connectivity index (χ2v) is 5.81. The number of hydrogen-bond acceptors (Lipinski definition) is 3. The zero-order valence-electron chi connectivity index (χ0n) is 13.4. The Morgan fingerprint density at radius 3 is 2.25 bits per heavy atom. The zero-order valence-corrected chi connectivity index (χ0v) is 13.4. The minimum atomic E-state index is -0.994. The Morgan fingerprint density at radius 2 is 1.67 bits per heavy atom. The van der Waals surface area contributed by atoms with Crippen LogP contribution in [0.15, 0.2) is 48.5 Å². The lowest BCUT2D eigenvalue weighted by Crippen LogP contribution is -2.30. The Balaban J connectivity index is 1.81. The third kappa shape index (κ3) is 3.11. The Kier molecular flexibility index (Phi) is 4.51. The van der Waals surface area contributed by atoms with Crippen LogP contribution >= 0.6 is 0 Å². The Bertz CT molecular complexity index is 737. The molecule has 0 aromatic heterocycles. The number of aromatic carboxylic acids is 1. The molecule has 24 heavy (non-hydrogen) atoms. The van der Waals surface area contributed by atoms with Gasteiger partial charge in [-0.15, -0.1) is 0 Å². The molecule has 1 saturated heterocycles. The van der Waals surface area contributed by atoms with Gasteiger partial charge in [0.05, 0.1) is 18.7 Å². The highest BCUT2D eigenvalue weighted by Gasteiger charge is 2.30. The van der Waals surface area contributed by atoms with Crippen LogP contribution in [0.4, 0.5) is 0 Å². The van der Waals surface area contributed by atoms with Gasteiger partial charge in [0, 0.05) is 12.1 Å². The largest absolute Gasteiger partial charge is 0.497 e. The molecule has 1 atom stereocenters. The molecule has 5 nitrogen and oxygen atoms in total. The third-order valence-corrected chi connectivity index (χ3v) is 4.39. The monoisotopic (exact) mass is 325 g/mol. The van der Waals surface area contributed by atoms with Crippen molar-refractivity contribution in [3.8, 4) is 5.75 Å². The zero-order chi connectivity index (χ0) is 17.1. The summed E-state index contributed by atoms with van der Waals surface area (Å²) in [6.07, 6.45) is 1.88. The van der Waals surface area contributed by atoms with E-state index in [1.165, 1.54) is 12.1 Å². The number of nitrogens with zero attached hydrogens (tertiary/aromatic N) is 1. The highest BCUT2D eigenvalue weighted by atomic mass is 16.5. The summed E-state index contributed by atoms with van der Waals surface area (Å²) in [6, 6.07) is 13.9. The number of carboxylic acid groups (broad SMARTS) is 1. The first-order valence-electron chi connectivity index (χ1n) is 7.88. The van der Waals surface area contributed by atoms with E-state index in [4.69, 9.17) is 9.84 Å². The quantitative estimate of drug-likeness (QED) is 0.936. The van der Waals surface area contributed by atoms with E-state index in [0.717, 1.165) is 24.2 Å². The number of hydrogen-bond donors (Lipinski definition) is 1. The van der Waals surface area contributed by atoms with Crippen molar-refractivity contribution < 1.29 is 19.4 Å². The van der Waals surface area contributed by atoms with Gasteiger partial charge in [-0.2, -0.15) is 0 Å². The van der Waals surface area contributed by atoms with Crippen LogP contribution in [0, 0.1) is 0 Å². The highest BCUT2D eigenvalue weighted by molar-refractivity contribution is 5.96. The summed E-state index contributed by atoms with van der Waals surface area (Å²) in [5.74, 6) is -0.268. The van der Waals surface area contributed by atoms with E-state index in [-0.39, 0.29) is 17.5 Å². The first-order valence-corrected chi connectivity index (χ1v) is 7.88. The van der Waals surface area contributed by atoms with Gasteiger partial charge in [-0.05, 0) is 54.8 Å². The van der Waals surface area contributed by atoms with Crippen LogP contribution in [-0.4, -0.2) is 35.5 Å². The lowest BCUT2D eigenvalue weighted by molar-refractivity contribution is 0.0692. The van der Waals surface area contributed by atoms with E-state index in [9.17, 15) is 9.59 Å². The topological polar surface area (TPSA) is 66.8 Å². The standard InChI is InChI=1S/C19H19NO4/c1-24-16-10-8-13(9-11-16)17-3-2-12-20(17)18(21)14-4-6-15(7-5-14)19(22)23/h4-11,17H,2-3,12H2,1H3,(H,22,23). The maximum atomic E-state index is 12.8. The molecule has 1 N–H and O–H groups in total. The number of likely N-dealkylation sites (tertiary alicyclic amines) is 1. The fraction of sp³-hybridized carbons (Fsp3) is 0.263. The molecule has 1 amide bonds. The van der Waals surface area contributed by atoms with Crippen molar-refractivity contribution in [1.29, 1.82) is 0 Å². The van der Waals surface area contributed by atoms with E-state index >= 15 is 0 Å². The molecule has 2 aromatic carbocycles. The molecule has 0 saturated carbocycles. The van der Waals surface area contributed by atoms with Gasteiger partial charge in [0.2, 0.25) is 0 Å². The maximum Gasteiger partial charge on any atom is 0.335 e. The number of carbonyl (C=O) groups is 2. The van der Waals surface area contributed by atoms with E-state index in [1.807, 2.05) is 29.2 Å². The number of ether oxygens (including phenoxy) is 1. The minimum absolute atomic E-state index is 0.0440. The van der Waals surface area contributed by atoms with E-state index in [0.29, 0.717) is 12.1 Å². The van der Waals surface area contributed by atoms with Gasteiger partial charge < -0.3 is 14.7 Å². The molecule has 1 aliphatic rings. The lowest BCUT2D eigenvalue weighted by atomic mass is 10.0. The molecule has 1 heterocycles. The molecule has 0 aliphatic carbocycles. The molecule has 1 aliphatic heterocycles. The van der Waals surface area contributed by atoms with Gasteiger partial charge in [-0.3, -0.25) is 4.79 Å². The van der Waals surface area contributed by atoms with Crippen molar-refractivity contribution in [2.24, 2.45) is 0 Å². The van der Waals surface area contributed by atoms with Gasteiger partial charge in [-0.25, -0.2) is 4.79 Å². The molecular formula is C19H19NO4. The smallest absolute Gasteiger partial charge is 0.335 e. The molecule has 1 unspecified atom stereocenters. The van der Waals surface area contributed by atoms with Crippen molar-refractivity contribution >= 4 is 11.9 Å². The molecule has 2 aromatic rings. The SMILES string of the molecule is COc1ccc(C2CCCN2C(=O)c2ccc(C(=O)O)cc2)cc1. The summed E-state index contributed by atoms with van der Waals surface area (Å²) >= 11 is 0. The predicted molar refractivity (Wildman–Crippen MR) is 89.4 cm³/mol. The van der Waals surface area contributed by atoms with Crippen LogP contribution < -0.4 is 4.74 Å². The number of carbonyl (C=O) groups excluding carboxylic acids is 1. The summed E-state index contributed by atoms with van der Waals surface area (Å²) in [6.45, 7) is 0.705. The summed E-state index contributed by atoms with van der Waals surface area (Å²) in [4.78, 5) is 25.6. The fourth-order valence-corrected chi connectivity index (χ4v) is 3.10. The van der Waals surface area contributed by atoms with Crippen molar-refractivity contribution in [1.82, 2.24) is 4.90 Å². The number of methoxy groups -OCH3 is 1. The van der Waals surface area contributed by atoms with Gasteiger partial charge in [-0.1, -0.05) is 12.1 Å². The third-order valence-electron chi connectivity index (χ3n) is 4.39. The van der Waals surface area contributed by atoms with Crippen molar-refractivity contribution in [3.05, 3.63) is 65.2 Å². The second-order valence-electron chi connectivity index (χ2n) is 5.81. The molecule has 0 radical (unpaired) electrons. The van der Waals surface area contributed by atoms with Crippen LogP contribution in [0.2, 0.25) is 0 Å². The maximum absolute atomic E-state index is 12.8. The van der Waals surface area contributed by atoms with Crippen LogP contribution in [0.1, 0.15) is 45.2 Å². The minimum Gasteiger partial charge on any atom is -0.497 e. The van der Waals surface area contributed by atoms with Gasteiger partial charge in [0.25, 0.3) is 5.91 Å². The number of amides is 1. The van der Waals surface area contributed by atoms with Gasteiger partial charge in [0.1, 0.15) is 5.75 Å². The van der Waals surface area contributed by atoms with Crippen LogP contribution in [0.3, 0.4) is 0 Å². The molecular weight excluding hydrogens is 306 g/mol. The average Bonchev–Trinajstić information content (AvgIpc) is 3.11. The molecule has 5 heteroatoms. The summed E-state index contributed by atoms with van der Waals surface area (Å²) < 4.78 is 5.18. The molecule has 3 rings (SSSR count). The fourth-order valence-electron chi connectivity index (χ4n) is 3.10. The van der Waals surface area contributed by atoms with Crippen LogP contribution in [0.5, 0.6) is 5.75 Å². The Hall–Kier alpha value is -2.82. The van der Waals surface area contributed by atoms with Crippen LogP contribution in [-0.2, 0) is 0 Å². The van der Waals surface area contributed by atoms with Gasteiger partial charge >= 0.3 is 5.97 Å². The molecule has 0 spiro atoms. The normalized spacial score (nSPS) is 16.9. The number of rotatable bonds is 4. The Labute approximate surface area is 140 Å². The first kappa shape index (κ1) is 16.1. The lowest BCUT2D eigenvalue weighted by Gasteiger charge is -2.25. The number of benzene rings is 2. The molecule has 124 valence electrons. The van der Waals surface area contributed by atoms with E-state index < -0.39 is 5.97 Å². The van der Waals surface area contributed by atoms with Crippen LogP contribution in [0.25, 0.3) is 0 Å². The summed E-state index contributed by atoms with van der Waals surface area (Å²) in [5, 5.41) is 8.95. The average molecular weight is 325 g/mol. The predicted octanol–water partition coefficient (Wildman–Crippen LogP) is 3.37. The van der Waals surface area contributed by atoms with E-state index in [1.54, 1.807) is 19.2 Å². The number of carboxylic acids is 1. The second kappa shape index (κ2) is 6.74. The first-order chi connectivity index (χ1) is 11.6. The van der Waals surface area contributed by atoms with Crippen molar-refractivity contribution in [2.45, 2.75) is 18.9 Å². The van der Waals surface area contributed by atoms with Gasteiger partial charge in [0.15, 0.2) is 0 Å². The highest BCUT2D eigenvalue weighted by Crippen LogP contribution is 2.33. The Morgan fingerprint density at radius 1 is 1.04 bits per heavy atom. The van der Waals surface area contributed by atoms with Crippen molar-refractivity contribution in [2.75, 3.05) is 13.7 Å².